The van der Waals surface area contributed by atoms with E-state index in [1.54, 1.807) is 0 Å². The van der Waals surface area contributed by atoms with Crippen LogP contribution in [0.1, 0.15) is 32.1 Å². The average molecular weight is 240 g/mol. The first-order valence-corrected chi connectivity index (χ1v) is 6.90. The number of piperazine rings is 1. The van der Waals surface area contributed by atoms with Crippen molar-refractivity contribution in [3.63, 3.8) is 0 Å². The largest absolute Gasteiger partial charge is 0.395 e. The molecule has 4 heteroatoms. The summed E-state index contributed by atoms with van der Waals surface area (Å²) in [6, 6.07) is 0. The Labute approximate surface area is 104 Å². The van der Waals surface area contributed by atoms with Crippen LogP contribution in [0.3, 0.4) is 0 Å². The van der Waals surface area contributed by atoms with Crippen molar-refractivity contribution < 1.29 is 9.90 Å². The first-order chi connectivity index (χ1) is 8.29. The molecule has 2 fully saturated rings. The van der Waals surface area contributed by atoms with Crippen molar-refractivity contribution in [2.45, 2.75) is 32.1 Å². The molecule has 98 valence electrons. The predicted octanol–water partition coefficient (Wildman–Crippen LogP) is 0.703. The van der Waals surface area contributed by atoms with Crippen LogP contribution in [0.15, 0.2) is 0 Å². The molecule has 1 aliphatic heterocycles. The summed E-state index contributed by atoms with van der Waals surface area (Å²) in [5.41, 5.74) is 0. The van der Waals surface area contributed by atoms with E-state index in [-0.39, 0.29) is 6.61 Å². The lowest BCUT2D eigenvalue weighted by molar-refractivity contribution is -0.134. The summed E-state index contributed by atoms with van der Waals surface area (Å²) in [6.07, 6.45) is 5.87. The van der Waals surface area contributed by atoms with Gasteiger partial charge >= 0.3 is 0 Å². The van der Waals surface area contributed by atoms with E-state index in [2.05, 4.69) is 4.90 Å². The smallest absolute Gasteiger partial charge is 0.222 e. The third kappa shape index (κ3) is 3.68. The highest BCUT2D eigenvalue weighted by molar-refractivity contribution is 5.76. The molecule has 1 aliphatic carbocycles. The molecular weight excluding hydrogens is 216 g/mol. The normalized spacial score (nSPS) is 23.2. The van der Waals surface area contributed by atoms with Crippen molar-refractivity contribution in [1.82, 2.24) is 9.80 Å². The topological polar surface area (TPSA) is 43.8 Å². The van der Waals surface area contributed by atoms with E-state index >= 15 is 0 Å². The monoisotopic (exact) mass is 240 g/mol. The van der Waals surface area contributed by atoms with Gasteiger partial charge in [0.05, 0.1) is 6.61 Å². The van der Waals surface area contributed by atoms with Crippen molar-refractivity contribution in [2.24, 2.45) is 5.92 Å². The van der Waals surface area contributed by atoms with E-state index in [4.69, 9.17) is 5.11 Å². The lowest BCUT2D eigenvalue weighted by Crippen LogP contribution is -2.49. The molecule has 2 rings (SSSR count). The van der Waals surface area contributed by atoms with Crippen LogP contribution in [-0.4, -0.2) is 60.1 Å². The number of nitrogens with zero attached hydrogens (tertiary/aromatic N) is 2. The summed E-state index contributed by atoms with van der Waals surface area (Å²) in [7, 11) is 0. The molecule has 2 aliphatic rings. The molecule has 1 N–H and O–H groups in total. The van der Waals surface area contributed by atoms with E-state index in [1.165, 1.54) is 25.7 Å². The quantitative estimate of drug-likeness (QED) is 0.787. The van der Waals surface area contributed by atoms with Crippen LogP contribution in [0.4, 0.5) is 0 Å². The van der Waals surface area contributed by atoms with Crippen molar-refractivity contribution in [1.29, 1.82) is 0 Å². The van der Waals surface area contributed by atoms with Crippen LogP contribution < -0.4 is 0 Å². The molecule has 4 nitrogen and oxygen atoms in total. The number of carbonyl (C=O) groups is 1. The maximum absolute atomic E-state index is 12.1. The van der Waals surface area contributed by atoms with E-state index in [9.17, 15) is 4.79 Å². The van der Waals surface area contributed by atoms with E-state index in [1.807, 2.05) is 4.90 Å². The summed E-state index contributed by atoms with van der Waals surface area (Å²) >= 11 is 0. The molecule has 1 saturated heterocycles. The summed E-state index contributed by atoms with van der Waals surface area (Å²) in [5, 5.41) is 8.86. The third-order valence-electron chi connectivity index (χ3n) is 4.08. The van der Waals surface area contributed by atoms with Gasteiger partial charge in [-0.05, 0) is 18.8 Å². The first kappa shape index (κ1) is 12.8. The van der Waals surface area contributed by atoms with E-state index in [0.29, 0.717) is 11.8 Å². The summed E-state index contributed by atoms with van der Waals surface area (Å²) in [4.78, 5) is 16.3. The maximum Gasteiger partial charge on any atom is 0.222 e. The van der Waals surface area contributed by atoms with Gasteiger partial charge in [-0.2, -0.15) is 0 Å². The van der Waals surface area contributed by atoms with Gasteiger partial charge in [0.1, 0.15) is 0 Å². The Morgan fingerprint density at radius 3 is 2.35 bits per heavy atom. The van der Waals surface area contributed by atoms with Crippen LogP contribution in [0.5, 0.6) is 0 Å². The standard InChI is InChI=1S/C13H24N2O2/c16-10-9-14-5-7-15(8-6-14)13(17)11-12-3-1-2-4-12/h12,16H,1-11H2. The fourth-order valence-corrected chi connectivity index (χ4v) is 2.95. The minimum absolute atomic E-state index is 0.218. The molecule has 1 saturated carbocycles. The molecule has 0 unspecified atom stereocenters. The van der Waals surface area contributed by atoms with Gasteiger partial charge in [0.25, 0.3) is 0 Å². The molecule has 0 radical (unpaired) electrons. The lowest BCUT2D eigenvalue weighted by Gasteiger charge is -2.34. The minimum Gasteiger partial charge on any atom is -0.395 e. The molecule has 0 spiro atoms. The van der Waals surface area contributed by atoms with Gasteiger partial charge in [0, 0.05) is 39.1 Å². The molecule has 1 heterocycles. The van der Waals surface area contributed by atoms with Crippen LogP contribution >= 0.6 is 0 Å². The number of aliphatic hydroxyl groups is 1. The van der Waals surface area contributed by atoms with E-state index < -0.39 is 0 Å². The molecule has 0 aromatic heterocycles. The summed E-state index contributed by atoms with van der Waals surface area (Å²) in [6.45, 7) is 4.46. The Bertz CT molecular complexity index is 244. The zero-order chi connectivity index (χ0) is 12.1. The fourth-order valence-electron chi connectivity index (χ4n) is 2.95. The van der Waals surface area contributed by atoms with Crippen molar-refractivity contribution in [3.05, 3.63) is 0 Å². The van der Waals surface area contributed by atoms with Gasteiger partial charge in [-0.3, -0.25) is 9.69 Å². The Morgan fingerprint density at radius 1 is 1.12 bits per heavy atom. The zero-order valence-electron chi connectivity index (χ0n) is 10.6. The van der Waals surface area contributed by atoms with Crippen LogP contribution in [0.2, 0.25) is 0 Å². The number of aliphatic hydroxyl groups excluding tert-OH is 1. The van der Waals surface area contributed by atoms with Crippen LogP contribution in [0, 0.1) is 5.92 Å². The van der Waals surface area contributed by atoms with Gasteiger partial charge < -0.3 is 10.0 Å². The van der Waals surface area contributed by atoms with Crippen molar-refractivity contribution in [3.8, 4) is 0 Å². The molecule has 0 atom stereocenters. The average Bonchev–Trinajstić information content (AvgIpc) is 2.83. The highest BCUT2D eigenvalue weighted by Crippen LogP contribution is 2.28. The molecule has 0 bridgehead atoms. The second-order valence-electron chi connectivity index (χ2n) is 5.30. The van der Waals surface area contributed by atoms with Crippen molar-refractivity contribution in [2.75, 3.05) is 39.3 Å². The Hall–Kier alpha value is -0.610. The molecule has 0 aromatic carbocycles. The lowest BCUT2D eigenvalue weighted by atomic mass is 10.0. The van der Waals surface area contributed by atoms with Crippen LogP contribution in [-0.2, 0) is 4.79 Å². The Balaban J connectivity index is 1.70. The first-order valence-electron chi connectivity index (χ1n) is 6.90. The highest BCUT2D eigenvalue weighted by Gasteiger charge is 2.24. The number of hydrogen-bond acceptors (Lipinski definition) is 3. The second kappa shape index (κ2) is 6.36. The SMILES string of the molecule is O=C(CC1CCCC1)N1CCN(CCO)CC1. The maximum atomic E-state index is 12.1. The van der Waals surface area contributed by atoms with Gasteiger partial charge in [-0.25, -0.2) is 0 Å². The summed E-state index contributed by atoms with van der Waals surface area (Å²) in [5.74, 6) is 0.999. The summed E-state index contributed by atoms with van der Waals surface area (Å²) < 4.78 is 0. The number of hydrogen-bond donors (Lipinski definition) is 1. The van der Waals surface area contributed by atoms with Gasteiger partial charge in [0.2, 0.25) is 5.91 Å². The Morgan fingerprint density at radius 2 is 1.76 bits per heavy atom. The third-order valence-corrected chi connectivity index (χ3v) is 4.08. The van der Waals surface area contributed by atoms with E-state index in [0.717, 1.165) is 39.1 Å². The van der Waals surface area contributed by atoms with Crippen LogP contribution in [0.25, 0.3) is 0 Å². The minimum atomic E-state index is 0.218. The number of amides is 1. The highest BCUT2D eigenvalue weighted by atomic mass is 16.3. The van der Waals surface area contributed by atoms with Gasteiger partial charge in [-0.1, -0.05) is 12.8 Å². The number of rotatable bonds is 4. The molecule has 0 aromatic rings. The second-order valence-corrected chi connectivity index (χ2v) is 5.30. The number of β-amino-alcohol motifs (C(OH)–C–C–N with tert-alkyl or cyclic N) is 1. The van der Waals surface area contributed by atoms with Gasteiger partial charge in [-0.15, -0.1) is 0 Å². The fraction of sp³-hybridized carbons (Fsp3) is 0.923. The Kier molecular flexibility index (Phi) is 4.80. The van der Waals surface area contributed by atoms with Gasteiger partial charge in [0.15, 0.2) is 0 Å². The predicted molar refractivity (Wildman–Crippen MR) is 66.7 cm³/mol. The molecule has 1 amide bonds. The number of carbonyl (C=O) groups excluding carboxylic acids is 1. The molecular formula is C13H24N2O2. The zero-order valence-corrected chi connectivity index (χ0v) is 10.6. The molecule has 17 heavy (non-hydrogen) atoms. The van der Waals surface area contributed by atoms with Crippen molar-refractivity contribution >= 4 is 5.91 Å².